The van der Waals surface area contributed by atoms with Crippen molar-refractivity contribution < 1.29 is 113 Å². The highest BCUT2D eigenvalue weighted by molar-refractivity contribution is 5.73. The molecule has 5 aliphatic heterocycles. The second kappa shape index (κ2) is 20.8. The van der Waals surface area contributed by atoms with Gasteiger partial charge in [0.05, 0.1) is 38.1 Å². The van der Waals surface area contributed by atoms with E-state index in [1.807, 2.05) is 0 Å². The fourth-order valence-electron chi connectivity index (χ4n) is 7.54. The summed E-state index contributed by atoms with van der Waals surface area (Å²) in [7, 11) is 0. The van der Waals surface area contributed by atoms with Crippen molar-refractivity contribution in [3.8, 4) is 0 Å². The molecule has 15 N–H and O–H groups in total. The standard InChI is InChI=1S/C34H60N2O23/c1-9-16(40)21(45)23(47)31(51-9)59-29-22(46)17(41)10(2)53-34(29)58-28-20(44)14(8-38)55-33(25(28)49)57-27-18(42)11(3)52-32(24(27)48)56-26-15(36-12(4)39)30(50-6-5-35)54-13(7-37)19(26)43/h9-11,13-34,37-38,40-49H,5-8,35H2,1-4H3,(H,36,39)/t9?,10?,11-,13-,14?,15?,16-,17+,18+,19+,20-,21?,22?,23?,24?,25?,26?,27?,28?,29?,30+,31-,32-,33+,34-/m0/s1. The molecule has 25 atom stereocenters. The van der Waals surface area contributed by atoms with Gasteiger partial charge in [-0.05, 0) is 20.8 Å². The monoisotopic (exact) mass is 864 g/mol. The summed E-state index contributed by atoms with van der Waals surface area (Å²) in [6.45, 7) is 3.64. The lowest BCUT2D eigenvalue weighted by molar-refractivity contribution is -0.395. The van der Waals surface area contributed by atoms with Gasteiger partial charge in [0, 0.05) is 13.5 Å². The first-order valence-electron chi connectivity index (χ1n) is 19.3. The maximum atomic E-state index is 12.2. The lowest BCUT2D eigenvalue weighted by Crippen LogP contribution is -2.69. The topological polar surface area (TPSA) is 390 Å². The van der Waals surface area contributed by atoms with Crippen molar-refractivity contribution in [3.63, 3.8) is 0 Å². The molecule has 0 aromatic carbocycles. The van der Waals surface area contributed by atoms with Gasteiger partial charge in [0.2, 0.25) is 5.91 Å². The Morgan fingerprint density at radius 1 is 0.508 bits per heavy atom. The predicted octanol–water partition coefficient (Wildman–Crippen LogP) is -8.72. The van der Waals surface area contributed by atoms with Gasteiger partial charge in [-0.25, -0.2) is 0 Å². The van der Waals surface area contributed by atoms with Crippen LogP contribution in [0.25, 0.3) is 0 Å². The molecule has 5 saturated heterocycles. The molecular weight excluding hydrogens is 804 g/mol. The van der Waals surface area contributed by atoms with E-state index in [1.165, 1.54) is 27.7 Å². The number of amides is 1. The Hall–Kier alpha value is -1.45. The summed E-state index contributed by atoms with van der Waals surface area (Å²) in [6, 6.07) is -1.26. The Morgan fingerprint density at radius 2 is 0.932 bits per heavy atom. The fraction of sp³-hybridized carbons (Fsp3) is 0.971. The SMILES string of the molecule is CC(=O)NC1C(O[C@@H]2O[C@@H](C)[C@@H](O)C(O[C@H]3OC(CO)[C@H](O)C(O[C@@H]4OC(C)[C@@H](O)C(O)C4O[C@@H]4OC(C)[C@H](O)C(O)C4O)C3O)C2O)[C@H](O)[C@H](CO)O[C@H]1OCCN. The van der Waals surface area contributed by atoms with Gasteiger partial charge in [0.25, 0.3) is 0 Å². The summed E-state index contributed by atoms with van der Waals surface area (Å²) in [5.41, 5.74) is 5.56. The highest BCUT2D eigenvalue weighted by Crippen LogP contribution is 2.36. The number of carbonyl (C=O) groups is 1. The molecule has 0 spiro atoms. The summed E-state index contributed by atoms with van der Waals surface area (Å²) in [5, 5.41) is 132. The lowest BCUT2D eigenvalue weighted by Gasteiger charge is -2.50. The smallest absolute Gasteiger partial charge is 0.217 e. The highest BCUT2D eigenvalue weighted by atomic mass is 16.8. The zero-order valence-corrected chi connectivity index (χ0v) is 32.7. The van der Waals surface area contributed by atoms with Crippen molar-refractivity contribution >= 4 is 5.91 Å². The van der Waals surface area contributed by atoms with E-state index in [-0.39, 0.29) is 13.2 Å². The minimum absolute atomic E-state index is 0.0421. The van der Waals surface area contributed by atoms with Crippen LogP contribution in [0.1, 0.15) is 27.7 Å². The number of carbonyl (C=O) groups excluding carboxylic acids is 1. The van der Waals surface area contributed by atoms with Crippen LogP contribution in [0.15, 0.2) is 0 Å². The van der Waals surface area contributed by atoms with Crippen LogP contribution in [0.3, 0.4) is 0 Å². The molecule has 5 rings (SSSR count). The third-order valence-electron chi connectivity index (χ3n) is 11.0. The Kier molecular flexibility index (Phi) is 17.1. The Morgan fingerprint density at radius 3 is 1.49 bits per heavy atom. The molecule has 344 valence electrons. The maximum Gasteiger partial charge on any atom is 0.217 e. The van der Waals surface area contributed by atoms with Gasteiger partial charge in [-0.3, -0.25) is 4.79 Å². The van der Waals surface area contributed by atoms with Gasteiger partial charge in [0.1, 0.15) is 104 Å². The quantitative estimate of drug-likeness (QED) is 0.0771. The van der Waals surface area contributed by atoms with Gasteiger partial charge < -0.3 is 120 Å². The third kappa shape index (κ3) is 10.5. The summed E-state index contributed by atoms with van der Waals surface area (Å²) >= 11 is 0. The molecule has 5 heterocycles. The number of hydrogen-bond acceptors (Lipinski definition) is 24. The Bertz CT molecular complexity index is 1330. The zero-order chi connectivity index (χ0) is 43.6. The molecule has 5 fully saturated rings. The average Bonchev–Trinajstić information content (AvgIpc) is 3.20. The molecule has 0 radical (unpaired) electrons. The van der Waals surface area contributed by atoms with E-state index >= 15 is 0 Å². The van der Waals surface area contributed by atoms with Gasteiger partial charge in [-0.15, -0.1) is 0 Å². The van der Waals surface area contributed by atoms with E-state index in [2.05, 4.69) is 5.32 Å². The largest absolute Gasteiger partial charge is 0.394 e. The molecule has 0 aliphatic carbocycles. The van der Waals surface area contributed by atoms with Crippen molar-refractivity contribution in [1.29, 1.82) is 0 Å². The molecule has 25 heteroatoms. The number of aliphatic hydroxyl groups is 12. The fourth-order valence-corrected chi connectivity index (χ4v) is 7.54. The third-order valence-corrected chi connectivity index (χ3v) is 11.0. The average molecular weight is 865 g/mol. The van der Waals surface area contributed by atoms with Gasteiger partial charge in [-0.2, -0.15) is 0 Å². The summed E-state index contributed by atoms with van der Waals surface area (Å²) in [4.78, 5) is 12.2. The van der Waals surface area contributed by atoms with Gasteiger partial charge in [0.15, 0.2) is 31.5 Å². The second-order valence-corrected chi connectivity index (χ2v) is 15.3. The van der Waals surface area contributed by atoms with Crippen LogP contribution in [0.4, 0.5) is 0 Å². The van der Waals surface area contributed by atoms with E-state index in [0.717, 1.165) is 0 Å². The van der Waals surface area contributed by atoms with Gasteiger partial charge in [-0.1, -0.05) is 0 Å². The molecule has 59 heavy (non-hydrogen) atoms. The Balaban J connectivity index is 1.36. The van der Waals surface area contributed by atoms with Crippen LogP contribution in [0.5, 0.6) is 0 Å². The number of nitrogens with one attached hydrogen (secondary N) is 1. The van der Waals surface area contributed by atoms with E-state index in [4.69, 9.17) is 53.1 Å². The van der Waals surface area contributed by atoms with Crippen LogP contribution in [-0.4, -0.2) is 247 Å². The highest BCUT2D eigenvalue weighted by Gasteiger charge is 2.56. The number of hydrogen-bond donors (Lipinski definition) is 14. The van der Waals surface area contributed by atoms with Gasteiger partial charge >= 0.3 is 0 Å². The molecule has 13 unspecified atom stereocenters. The molecule has 25 nitrogen and oxygen atoms in total. The van der Waals surface area contributed by atoms with Crippen LogP contribution in [0.2, 0.25) is 0 Å². The number of nitrogens with two attached hydrogens (primary N) is 1. The first-order chi connectivity index (χ1) is 27.8. The number of ether oxygens (including phenoxy) is 10. The van der Waals surface area contributed by atoms with Crippen molar-refractivity contribution in [3.05, 3.63) is 0 Å². The van der Waals surface area contributed by atoms with Crippen LogP contribution >= 0.6 is 0 Å². The molecule has 5 aliphatic rings. The molecule has 0 bridgehead atoms. The minimum Gasteiger partial charge on any atom is -0.394 e. The lowest BCUT2D eigenvalue weighted by atomic mass is 9.95. The summed E-state index contributed by atoms with van der Waals surface area (Å²) in [6.07, 6.45) is -39.3. The first-order valence-corrected chi connectivity index (χ1v) is 19.3. The number of rotatable bonds is 14. The number of aliphatic hydroxyl groups excluding tert-OH is 12. The maximum absolute atomic E-state index is 12.2. The zero-order valence-electron chi connectivity index (χ0n) is 32.7. The van der Waals surface area contributed by atoms with Crippen LogP contribution < -0.4 is 11.1 Å². The summed E-state index contributed by atoms with van der Waals surface area (Å²) in [5.74, 6) is -0.594. The second-order valence-electron chi connectivity index (χ2n) is 15.3. The Labute approximate surface area is 337 Å². The normalized spacial score (nSPS) is 51.0. The summed E-state index contributed by atoms with van der Waals surface area (Å²) < 4.78 is 57.4. The van der Waals surface area contributed by atoms with Crippen molar-refractivity contribution in [2.45, 2.75) is 181 Å². The predicted molar refractivity (Wildman–Crippen MR) is 187 cm³/mol. The van der Waals surface area contributed by atoms with Crippen molar-refractivity contribution in [1.82, 2.24) is 5.32 Å². The van der Waals surface area contributed by atoms with E-state index in [1.54, 1.807) is 0 Å². The molecule has 1 amide bonds. The molecule has 0 aromatic rings. The van der Waals surface area contributed by atoms with E-state index < -0.39 is 173 Å². The van der Waals surface area contributed by atoms with E-state index in [0.29, 0.717) is 0 Å². The van der Waals surface area contributed by atoms with Crippen molar-refractivity contribution in [2.75, 3.05) is 26.4 Å². The molecule has 0 aromatic heterocycles. The van der Waals surface area contributed by atoms with Crippen LogP contribution in [0, 0.1) is 0 Å². The van der Waals surface area contributed by atoms with Crippen LogP contribution in [-0.2, 0) is 52.2 Å². The first kappa shape index (κ1) is 48.6. The minimum atomic E-state index is -2.05. The molecule has 0 saturated carbocycles. The molecular formula is C34H60N2O23. The van der Waals surface area contributed by atoms with E-state index in [9.17, 15) is 66.1 Å². The van der Waals surface area contributed by atoms with Crippen molar-refractivity contribution in [2.24, 2.45) is 5.73 Å².